The number of benzene rings is 1. The molecular weight excluding hydrogens is 256 g/mol. The lowest BCUT2D eigenvalue weighted by atomic mass is 10.2. The van der Waals surface area contributed by atoms with Crippen LogP contribution in [0.2, 0.25) is 5.02 Å². The summed E-state index contributed by atoms with van der Waals surface area (Å²) in [7, 11) is 0. The molecule has 0 unspecified atom stereocenters. The van der Waals surface area contributed by atoms with Crippen molar-refractivity contribution in [1.82, 2.24) is 4.98 Å². The zero-order valence-electron chi connectivity index (χ0n) is 9.13. The number of carboxylic acids is 1. The predicted octanol–water partition coefficient (Wildman–Crippen LogP) is 2.81. The van der Waals surface area contributed by atoms with E-state index in [1.807, 2.05) is 0 Å². The quantitative estimate of drug-likeness (QED) is 0.833. The second-order valence-electron chi connectivity index (χ2n) is 3.50. The summed E-state index contributed by atoms with van der Waals surface area (Å²) >= 11 is 5.76. The molecule has 92 valence electrons. The van der Waals surface area contributed by atoms with Crippen LogP contribution in [0.4, 0.5) is 5.69 Å². The molecular formula is C12H9ClN2O3. The Balaban J connectivity index is 2.25. The fraction of sp³-hybridized carbons (Fsp3) is 0. The molecule has 0 atom stereocenters. The maximum absolute atomic E-state index is 10.8. The van der Waals surface area contributed by atoms with Crippen LogP contribution in [-0.4, -0.2) is 16.1 Å². The Kier molecular flexibility index (Phi) is 3.34. The van der Waals surface area contributed by atoms with E-state index >= 15 is 0 Å². The van der Waals surface area contributed by atoms with Crippen LogP contribution in [0.5, 0.6) is 11.5 Å². The first kappa shape index (κ1) is 12.2. The lowest BCUT2D eigenvalue weighted by Crippen LogP contribution is -2.02. The molecule has 2 aromatic rings. The van der Waals surface area contributed by atoms with Crippen molar-refractivity contribution in [2.75, 3.05) is 5.73 Å². The van der Waals surface area contributed by atoms with Crippen molar-refractivity contribution >= 4 is 23.3 Å². The molecule has 3 N–H and O–H groups in total. The Hall–Kier alpha value is -2.27. The number of halogens is 1. The molecule has 0 radical (unpaired) electrons. The maximum Gasteiger partial charge on any atom is 0.337 e. The third kappa shape index (κ3) is 2.70. The number of aromatic nitrogens is 1. The van der Waals surface area contributed by atoms with E-state index in [9.17, 15) is 4.79 Å². The van der Waals surface area contributed by atoms with Crippen molar-refractivity contribution < 1.29 is 14.6 Å². The predicted molar refractivity (Wildman–Crippen MR) is 67.1 cm³/mol. The molecule has 6 heteroatoms. The Labute approximate surface area is 108 Å². The molecule has 2 rings (SSSR count). The highest BCUT2D eigenvalue weighted by Gasteiger charge is 2.09. The molecule has 0 fully saturated rings. The van der Waals surface area contributed by atoms with E-state index in [0.717, 1.165) is 0 Å². The van der Waals surface area contributed by atoms with E-state index in [4.69, 9.17) is 27.2 Å². The third-order valence-corrected chi connectivity index (χ3v) is 2.38. The average molecular weight is 265 g/mol. The molecule has 5 nitrogen and oxygen atoms in total. The van der Waals surface area contributed by atoms with E-state index in [0.29, 0.717) is 16.5 Å². The van der Waals surface area contributed by atoms with Crippen molar-refractivity contribution in [2.24, 2.45) is 0 Å². The number of rotatable bonds is 3. The third-order valence-electron chi connectivity index (χ3n) is 2.17. The van der Waals surface area contributed by atoms with Crippen LogP contribution in [-0.2, 0) is 0 Å². The molecule has 0 saturated carbocycles. The van der Waals surface area contributed by atoms with Crippen molar-refractivity contribution in [3.05, 3.63) is 47.2 Å². The Morgan fingerprint density at radius 3 is 2.67 bits per heavy atom. The number of aromatic carboxylic acids is 1. The van der Waals surface area contributed by atoms with Gasteiger partial charge in [0.15, 0.2) is 0 Å². The normalized spacial score (nSPS) is 10.1. The number of nitrogens with zero attached hydrogens (tertiary/aromatic N) is 1. The van der Waals surface area contributed by atoms with Gasteiger partial charge in [-0.1, -0.05) is 11.6 Å². The summed E-state index contributed by atoms with van der Waals surface area (Å²) in [5.41, 5.74) is 5.77. The largest absolute Gasteiger partial charge is 0.478 e. The van der Waals surface area contributed by atoms with Crippen LogP contribution in [0, 0.1) is 0 Å². The SMILES string of the molecule is Nc1cc(Oc2cncc(Cl)c2)ccc1C(=O)O. The zero-order chi connectivity index (χ0) is 13.1. The summed E-state index contributed by atoms with van der Waals surface area (Å²) < 4.78 is 5.45. The van der Waals surface area contributed by atoms with E-state index in [-0.39, 0.29) is 11.3 Å². The number of hydrogen-bond acceptors (Lipinski definition) is 4. The van der Waals surface area contributed by atoms with Gasteiger partial charge in [-0.05, 0) is 12.1 Å². The molecule has 1 aromatic carbocycles. The minimum Gasteiger partial charge on any atom is -0.478 e. The highest BCUT2D eigenvalue weighted by atomic mass is 35.5. The van der Waals surface area contributed by atoms with Gasteiger partial charge in [-0.3, -0.25) is 4.98 Å². The summed E-state index contributed by atoms with van der Waals surface area (Å²) in [4.78, 5) is 14.7. The number of carbonyl (C=O) groups is 1. The number of nitrogens with two attached hydrogens (primary N) is 1. The molecule has 0 amide bonds. The van der Waals surface area contributed by atoms with Gasteiger partial charge in [0.05, 0.1) is 16.8 Å². The Bertz CT molecular complexity index is 602. The summed E-state index contributed by atoms with van der Waals surface area (Å²) in [6.07, 6.45) is 2.98. The van der Waals surface area contributed by atoms with Gasteiger partial charge < -0.3 is 15.6 Å². The highest BCUT2D eigenvalue weighted by Crippen LogP contribution is 2.26. The van der Waals surface area contributed by atoms with E-state index in [1.165, 1.54) is 30.6 Å². The highest BCUT2D eigenvalue weighted by molar-refractivity contribution is 6.30. The van der Waals surface area contributed by atoms with Crippen molar-refractivity contribution in [3.63, 3.8) is 0 Å². The lowest BCUT2D eigenvalue weighted by molar-refractivity contribution is 0.0698. The van der Waals surface area contributed by atoms with Crippen LogP contribution < -0.4 is 10.5 Å². The number of nitrogen functional groups attached to an aromatic ring is 1. The first-order valence-electron chi connectivity index (χ1n) is 4.97. The fourth-order valence-corrected chi connectivity index (χ4v) is 1.55. The molecule has 0 aliphatic heterocycles. The van der Waals surface area contributed by atoms with Gasteiger partial charge in [-0.15, -0.1) is 0 Å². The minimum atomic E-state index is -1.08. The Morgan fingerprint density at radius 1 is 1.28 bits per heavy atom. The van der Waals surface area contributed by atoms with E-state index < -0.39 is 5.97 Å². The van der Waals surface area contributed by atoms with Gasteiger partial charge in [0, 0.05) is 24.0 Å². The second kappa shape index (κ2) is 4.93. The Morgan fingerprint density at radius 2 is 2.06 bits per heavy atom. The van der Waals surface area contributed by atoms with E-state index in [2.05, 4.69) is 4.98 Å². The summed E-state index contributed by atoms with van der Waals surface area (Å²) in [5.74, 6) is -0.213. The summed E-state index contributed by atoms with van der Waals surface area (Å²) in [5, 5.41) is 9.28. The number of carboxylic acid groups (broad SMARTS) is 1. The van der Waals surface area contributed by atoms with Crippen LogP contribution in [0.1, 0.15) is 10.4 Å². The molecule has 18 heavy (non-hydrogen) atoms. The topological polar surface area (TPSA) is 85.4 Å². The second-order valence-corrected chi connectivity index (χ2v) is 3.93. The smallest absolute Gasteiger partial charge is 0.337 e. The lowest BCUT2D eigenvalue weighted by Gasteiger charge is -2.07. The van der Waals surface area contributed by atoms with Gasteiger partial charge >= 0.3 is 5.97 Å². The van der Waals surface area contributed by atoms with Gasteiger partial charge in [-0.25, -0.2) is 4.79 Å². The molecule has 0 spiro atoms. The van der Waals surface area contributed by atoms with Gasteiger partial charge in [0.25, 0.3) is 0 Å². The zero-order valence-corrected chi connectivity index (χ0v) is 9.89. The number of anilines is 1. The van der Waals surface area contributed by atoms with Crippen LogP contribution in [0.25, 0.3) is 0 Å². The van der Waals surface area contributed by atoms with E-state index in [1.54, 1.807) is 6.07 Å². The summed E-state index contributed by atoms with van der Waals surface area (Å²) in [6.45, 7) is 0. The first-order chi connectivity index (χ1) is 8.56. The molecule has 0 aliphatic rings. The van der Waals surface area contributed by atoms with Gasteiger partial charge in [-0.2, -0.15) is 0 Å². The van der Waals surface area contributed by atoms with Crippen LogP contribution in [0.15, 0.2) is 36.7 Å². The molecule has 1 heterocycles. The van der Waals surface area contributed by atoms with Crippen molar-refractivity contribution in [2.45, 2.75) is 0 Å². The van der Waals surface area contributed by atoms with Gasteiger partial charge in [0.2, 0.25) is 0 Å². The molecule has 1 aromatic heterocycles. The molecule has 0 bridgehead atoms. The standard InChI is InChI=1S/C12H9ClN2O3/c13-7-3-9(6-15-5-7)18-8-1-2-10(12(16)17)11(14)4-8/h1-6H,14H2,(H,16,17). The van der Waals surface area contributed by atoms with Crippen molar-refractivity contribution in [1.29, 1.82) is 0 Å². The molecule has 0 aliphatic carbocycles. The average Bonchev–Trinajstić information content (AvgIpc) is 2.28. The monoisotopic (exact) mass is 264 g/mol. The van der Waals surface area contributed by atoms with Crippen LogP contribution >= 0.6 is 11.6 Å². The fourth-order valence-electron chi connectivity index (χ4n) is 1.38. The first-order valence-corrected chi connectivity index (χ1v) is 5.35. The minimum absolute atomic E-state index is 0.0339. The molecule has 0 saturated heterocycles. The summed E-state index contributed by atoms with van der Waals surface area (Å²) in [6, 6.07) is 5.92. The van der Waals surface area contributed by atoms with Gasteiger partial charge in [0.1, 0.15) is 11.5 Å². The number of ether oxygens (including phenoxy) is 1. The van der Waals surface area contributed by atoms with Crippen molar-refractivity contribution in [3.8, 4) is 11.5 Å². The maximum atomic E-state index is 10.8. The number of hydrogen-bond donors (Lipinski definition) is 2. The number of pyridine rings is 1. The van der Waals surface area contributed by atoms with Crippen LogP contribution in [0.3, 0.4) is 0 Å².